The predicted octanol–water partition coefficient (Wildman–Crippen LogP) is 2.20. The van der Waals surface area contributed by atoms with Crippen LogP contribution in [0.3, 0.4) is 0 Å². The number of hydrogen-bond acceptors (Lipinski definition) is 1. The molecule has 0 saturated heterocycles. The lowest BCUT2D eigenvalue weighted by Gasteiger charge is -2.08. The van der Waals surface area contributed by atoms with E-state index >= 15 is 0 Å². The molecule has 0 aliphatic rings. The van der Waals surface area contributed by atoms with Crippen molar-refractivity contribution >= 4 is 6.29 Å². The van der Waals surface area contributed by atoms with Crippen LogP contribution in [0.2, 0.25) is 0 Å². The van der Waals surface area contributed by atoms with Crippen LogP contribution in [0.5, 0.6) is 0 Å². The molecule has 0 spiro atoms. The van der Waals surface area contributed by atoms with Gasteiger partial charge in [0.15, 0.2) is 0 Å². The highest BCUT2D eigenvalue weighted by Gasteiger charge is 2.07. The van der Waals surface area contributed by atoms with Crippen LogP contribution in [0.25, 0.3) is 0 Å². The van der Waals surface area contributed by atoms with Gasteiger partial charge >= 0.3 is 0 Å². The van der Waals surface area contributed by atoms with Gasteiger partial charge in [0, 0.05) is 5.92 Å². The van der Waals surface area contributed by atoms with Crippen molar-refractivity contribution in [3.8, 4) is 0 Å². The van der Waals surface area contributed by atoms with Gasteiger partial charge in [-0.2, -0.15) is 0 Å². The van der Waals surface area contributed by atoms with Gasteiger partial charge < -0.3 is 4.79 Å². The molecule has 0 aromatic carbocycles. The molecular formula is C9H14O. The predicted molar refractivity (Wildman–Crippen MR) is 43.7 cm³/mol. The maximum absolute atomic E-state index is 10.3. The SMILES string of the molecule is C=CC(C=O)C(C)/C=C\C. The zero-order chi connectivity index (χ0) is 7.98. The molecule has 0 aromatic heterocycles. The minimum absolute atomic E-state index is 0.0313. The summed E-state index contributed by atoms with van der Waals surface area (Å²) in [7, 11) is 0. The van der Waals surface area contributed by atoms with Crippen molar-refractivity contribution in [3.63, 3.8) is 0 Å². The van der Waals surface area contributed by atoms with Crippen molar-refractivity contribution in [3.05, 3.63) is 24.8 Å². The zero-order valence-corrected chi connectivity index (χ0v) is 6.58. The van der Waals surface area contributed by atoms with Crippen LogP contribution in [0.1, 0.15) is 13.8 Å². The molecule has 1 nitrogen and oxygen atoms in total. The Morgan fingerprint density at radius 1 is 1.50 bits per heavy atom. The van der Waals surface area contributed by atoms with Crippen molar-refractivity contribution in [2.75, 3.05) is 0 Å². The first kappa shape index (κ1) is 9.15. The van der Waals surface area contributed by atoms with Crippen molar-refractivity contribution in [2.45, 2.75) is 13.8 Å². The molecule has 0 aliphatic heterocycles. The van der Waals surface area contributed by atoms with E-state index in [4.69, 9.17) is 0 Å². The Morgan fingerprint density at radius 2 is 2.10 bits per heavy atom. The molecule has 2 unspecified atom stereocenters. The first-order valence-electron chi connectivity index (χ1n) is 3.47. The molecule has 1 heteroatoms. The average Bonchev–Trinajstić information content (AvgIpc) is 1.91. The molecule has 10 heavy (non-hydrogen) atoms. The van der Waals surface area contributed by atoms with E-state index in [1.165, 1.54) is 0 Å². The quantitative estimate of drug-likeness (QED) is 0.430. The van der Waals surface area contributed by atoms with Gasteiger partial charge in [-0.15, -0.1) is 6.58 Å². The van der Waals surface area contributed by atoms with Gasteiger partial charge in [-0.3, -0.25) is 0 Å². The molecule has 2 atom stereocenters. The fraction of sp³-hybridized carbons (Fsp3) is 0.444. The normalized spacial score (nSPS) is 16.6. The summed E-state index contributed by atoms with van der Waals surface area (Å²) in [6.45, 7) is 7.52. The first-order chi connectivity index (χ1) is 4.76. The van der Waals surface area contributed by atoms with Crippen LogP contribution < -0.4 is 0 Å². The summed E-state index contributed by atoms with van der Waals surface area (Å²) in [5.41, 5.74) is 0. The highest BCUT2D eigenvalue weighted by atomic mass is 16.1. The Bertz CT molecular complexity index is 128. The Morgan fingerprint density at radius 3 is 2.40 bits per heavy atom. The van der Waals surface area contributed by atoms with Crippen LogP contribution in [0, 0.1) is 11.8 Å². The molecular weight excluding hydrogens is 124 g/mol. The van der Waals surface area contributed by atoms with Gasteiger partial charge in [-0.1, -0.05) is 25.2 Å². The number of aldehydes is 1. The molecule has 0 radical (unpaired) electrons. The molecule has 0 saturated carbocycles. The van der Waals surface area contributed by atoms with E-state index in [1.54, 1.807) is 6.08 Å². The van der Waals surface area contributed by atoms with Gasteiger partial charge in [0.2, 0.25) is 0 Å². The molecule has 0 rings (SSSR count). The van der Waals surface area contributed by atoms with E-state index in [9.17, 15) is 4.79 Å². The molecule has 0 aromatic rings. The maximum atomic E-state index is 10.3. The summed E-state index contributed by atoms with van der Waals surface area (Å²) in [6.07, 6.45) is 6.56. The van der Waals surface area contributed by atoms with Crippen LogP contribution in [-0.4, -0.2) is 6.29 Å². The fourth-order valence-electron chi connectivity index (χ4n) is 0.826. The topological polar surface area (TPSA) is 17.1 Å². The summed E-state index contributed by atoms with van der Waals surface area (Å²) < 4.78 is 0. The molecule has 0 amide bonds. The van der Waals surface area contributed by atoms with E-state index in [-0.39, 0.29) is 11.8 Å². The number of allylic oxidation sites excluding steroid dienone is 3. The van der Waals surface area contributed by atoms with Gasteiger partial charge in [0.05, 0.1) is 0 Å². The van der Waals surface area contributed by atoms with Crippen LogP contribution in [0.15, 0.2) is 24.8 Å². The number of hydrogen-bond donors (Lipinski definition) is 0. The second-order valence-electron chi connectivity index (χ2n) is 2.33. The van der Waals surface area contributed by atoms with E-state index in [0.29, 0.717) is 0 Å². The smallest absolute Gasteiger partial charge is 0.127 e. The summed E-state index contributed by atoms with van der Waals surface area (Å²) >= 11 is 0. The third-order valence-electron chi connectivity index (χ3n) is 1.53. The van der Waals surface area contributed by atoms with Crippen LogP contribution in [-0.2, 0) is 4.79 Å². The largest absolute Gasteiger partial charge is 0.303 e. The van der Waals surface area contributed by atoms with Crippen molar-refractivity contribution in [1.82, 2.24) is 0 Å². The Hall–Kier alpha value is -0.850. The molecule has 0 N–H and O–H groups in total. The summed E-state index contributed by atoms with van der Waals surface area (Å²) in [4.78, 5) is 10.3. The van der Waals surface area contributed by atoms with E-state index in [0.717, 1.165) is 6.29 Å². The lowest BCUT2D eigenvalue weighted by atomic mass is 9.95. The summed E-state index contributed by atoms with van der Waals surface area (Å²) in [6, 6.07) is 0. The van der Waals surface area contributed by atoms with Gasteiger partial charge in [0.25, 0.3) is 0 Å². The van der Waals surface area contributed by atoms with E-state index in [2.05, 4.69) is 6.58 Å². The number of carbonyl (C=O) groups is 1. The molecule has 56 valence electrons. The number of carbonyl (C=O) groups excluding carboxylic acids is 1. The van der Waals surface area contributed by atoms with Gasteiger partial charge in [-0.05, 0) is 12.8 Å². The average molecular weight is 138 g/mol. The lowest BCUT2D eigenvalue weighted by molar-refractivity contribution is -0.110. The molecule has 0 heterocycles. The summed E-state index contributed by atoms with van der Waals surface area (Å²) in [5.74, 6) is 0.246. The second-order valence-corrected chi connectivity index (χ2v) is 2.33. The van der Waals surface area contributed by atoms with Crippen molar-refractivity contribution < 1.29 is 4.79 Å². The number of rotatable bonds is 4. The van der Waals surface area contributed by atoms with Gasteiger partial charge in [-0.25, -0.2) is 0 Å². The second kappa shape index (κ2) is 4.98. The Balaban J connectivity index is 3.99. The fourth-order valence-corrected chi connectivity index (χ4v) is 0.826. The lowest BCUT2D eigenvalue weighted by Crippen LogP contribution is -2.07. The standard InChI is InChI=1S/C9H14O/c1-4-6-8(3)9(5-2)7-10/h4-9H,2H2,1,3H3/b6-4-. The van der Waals surface area contributed by atoms with Crippen molar-refractivity contribution in [1.29, 1.82) is 0 Å². The molecule has 0 aliphatic carbocycles. The maximum Gasteiger partial charge on any atom is 0.127 e. The van der Waals surface area contributed by atoms with E-state index < -0.39 is 0 Å². The minimum atomic E-state index is -0.0313. The van der Waals surface area contributed by atoms with Crippen LogP contribution >= 0.6 is 0 Å². The third kappa shape index (κ3) is 2.62. The van der Waals surface area contributed by atoms with Gasteiger partial charge in [0.1, 0.15) is 6.29 Å². The first-order valence-corrected chi connectivity index (χ1v) is 3.47. The van der Waals surface area contributed by atoms with Crippen molar-refractivity contribution in [2.24, 2.45) is 11.8 Å². The summed E-state index contributed by atoms with van der Waals surface area (Å²) in [5, 5.41) is 0. The highest BCUT2D eigenvalue weighted by molar-refractivity contribution is 5.57. The third-order valence-corrected chi connectivity index (χ3v) is 1.53. The Labute approximate surface area is 62.4 Å². The minimum Gasteiger partial charge on any atom is -0.303 e. The Kier molecular flexibility index (Phi) is 4.55. The molecule has 0 bridgehead atoms. The monoisotopic (exact) mass is 138 g/mol. The zero-order valence-electron chi connectivity index (χ0n) is 6.58. The van der Waals surface area contributed by atoms with Crippen LogP contribution in [0.4, 0.5) is 0 Å². The highest BCUT2D eigenvalue weighted by Crippen LogP contribution is 2.10. The van der Waals surface area contributed by atoms with E-state index in [1.807, 2.05) is 26.0 Å². The molecule has 0 fully saturated rings.